The third-order valence-electron chi connectivity index (χ3n) is 10.1. The standard InChI is InChI=1S/C32H33N3O6/c1-33(28(37)12-7-20-13-16-40-19-20)24-10-9-23-25-17-22-8-11-27(36)30-29(22)32(23,31(24)41-30)14-15-34(25)18-26(35(38)39)21-5-3-2-4-6-21/h2-8,11-13,16,19,23-26,31,36H,9-10,14-15,17-18H2,1H3/t23-,24+,25+,26?,31-,32-/m0/s1. The Hall–Kier alpha value is -4.11. The van der Waals surface area contributed by atoms with Gasteiger partial charge in [-0.2, -0.15) is 0 Å². The van der Waals surface area contributed by atoms with Crippen LogP contribution in [0.25, 0.3) is 6.08 Å². The first-order chi connectivity index (χ1) is 19.9. The fourth-order valence-electron chi connectivity index (χ4n) is 8.23. The first-order valence-electron chi connectivity index (χ1n) is 14.3. The second-order valence-electron chi connectivity index (χ2n) is 11.8. The number of furan rings is 1. The van der Waals surface area contributed by atoms with Crippen LogP contribution >= 0.6 is 0 Å². The zero-order valence-electron chi connectivity index (χ0n) is 22.9. The van der Waals surface area contributed by atoms with Crippen LogP contribution in [-0.4, -0.2) is 64.1 Å². The van der Waals surface area contributed by atoms with Crippen LogP contribution in [0.3, 0.4) is 0 Å². The number of piperidine rings is 1. The summed E-state index contributed by atoms with van der Waals surface area (Å²) >= 11 is 0. The summed E-state index contributed by atoms with van der Waals surface area (Å²) in [5.74, 6) is 0.786. The predicted molar refractivity (Wildman–Crippen MR) is 151 cm³/mol. The minimum atomic E-state index is -0.806. The summed E-state index contributed by atoms with van der Waals surface area (Å²) in [5.41, 5.74) is 3.41. The van der Waals surface area contributed by atoms with Crippen LogP contribution in [0.4, 0.5) is 0 Å². The van der Waals surface area contributed by atoms with Crippen LogP contribution in [0.1, 0.15) is 47.6 Å². The third kappa shape index (κ3) is 3.97. The van der Waals surface area contributed by atoms with Crippen molar-refractivity contribution >= 4 is 12.0 Å². The van der Waals surface area contributed by atoms with Gasteiger partial charge in [0, 0.05) is 46.2 Å². The quantitative estimate of drug-likeness (QED) is 0.258. The summed E-state index contributed by atoms with van der Waals surface area (Å²) in [6.07, 6.45) is 9.31. The van der Waals surface area contributed by atoms with E-state index < -0.39 is 6.04 Å². The van der Waals surface area contributed by atoms with Crippen LogP contribution in [0.5, 0.6) is 11.5 Å². The van der Waals surface area contributed by atoms with E-state index in [2.05, 4.69) is 4.90 Å². The second-order valence-corrected chi connectivity index (χ2v) is 11.8. The molecule has 7 rings (SSSR count). The number of hydrogen-bond acceptors (Lipinski definition) is 7. The number of carbonyl (C=O) groups is 1. The van der Waals surface area contributed by atoms with Gasteiger partial charge in [-0.05, 0) is 61.9 Å². The summed E-state index contributed by atoms with van der Waals surface area (Å²) in [6.45, 7) is 1.04. The molecule has 2 bridgehead atoms. The molecule has 2 aliphatic carbocycles. The van der Waals surface area contributed by atoms with E-state index in [4.69, 9.17) is 9.15 Å². The molecule has 1 unspecified atom stereocenters. The second kappa shape index (κ2) is 9.76. The number of ether oxygens (including phenoxy) is 1. The van der Waals surface area contributed by atoms with Gasteiger partial charge < -0.3 is 19.2 Å². The van der Waals surface area contributed by atoms with Crippen LogP contribution in [0.2, 0.25) is 0 Å². The fraction of sp³-hybridized carbons (Fsp3) is 0.406. The molecule has 4 aliphatic rings. The number of likely N-dealkylation sites (N-methyl/N-ethyl adjacent to an activating group) is 1. The lowest BCUT2D eigenvalue weighted by Crippen LogP contribution is -2.69. The number of nitrogens with zero attached hydrogens (tertiary/aromatic N) is 3. The van der Waals surface area contributed by atoms with Crippen molar-refractivity contribution in [2.24, 2.45) is 5.92 Å². The highest BCUT2D eigenvalue weighted by Crippen LogP contribution is 2.64. The fourth-order valence-corrected chi connectivity index (χ4v) is 8.23. The van der Waals surface area contributed by atoms with Gasteiger partial charge >= 0.3 is 0 Å². The van der Waals surface area contributed by atoms with Gasteiger partial charge in [0.05, 0.1) is 25.1 Å². The first-order valence-corrected chi connectivity index (χ1v) is 14.3. The zero-order chi connectivity index (χ0) is 28.3. The van der Waals surface area contributed by atoms with Gasteiger partial charge in [0.15, 0.2) is 11.5 Å². The first kappa shape index (κ1) is 25.8. The molecular weight excluding hydrogens is 522 g/mol. The van der Waals surface area contributed by atoms with Crippen molar-refractivity contribution in [2.45, 2.75) is 55.3 Å². The Bertz CT molecular complexity index is 1510. The van der Waals surface area contributed by atoms with Crippen LogP contribution in [0.15, 0.2) is 71.6 Å². The maximum absolute atomic E-state index is 13.3. The monoisotopic (exact) mass is 555 g/mol. The smallest absolute Gasteiger partial charge is 0.250 e. The molecule has 3 aromatic rings. The molecule has 212 valence electrons. The van der Waals surface area contributed by atoms with E-state index in [1.54, 1.807) is 41.7 Å². The molecule has 1 spiro atoms. The van der Waals surface area contributed by atoms with Crippen molar-refractivity contribution in [3.63, 3.8) is 0 Å². The lowest BCUT2D eigenvalue weighted by molar-refractivity contribution is -0.530. The Morgan fingerprint density at radius 1 is 1.24 bits per heavy atom. The predicted octanol–water partition coefficient (Wildman–Crippen LogP) is 4.58. The Morgan fingerprint density at radius 2 is 2.07 bits per heavy atom. The SMILES string of the molecule is CN(C(=O)C=Cc1ccoc1)[C@@H]1CC[C@H]2[C@H]3Cc4ccc(O)c5c4[C@@]2(CCN3CC(c2ccccc2)[N+](=O)[O-])[C@H]1O5. The van der Waals surface area contributed by atoms with Crippen molar-refractivity contribution in [3.05, 3.63) is 99.5 Å². The lowest BCUT2D eigenvalue weighted by Gasteiger charge is -2.60. The summed E-state index contributed by atoms with van der Waals surface area (Å²) in [5, 5.41) is 23.1. The molecule has 9 nitrogen and oxygen atoms in total. The van der Waals surface area contributed by atoms with Gasteiger partial charge in [0.2, 0.25) is 5.91 Å². The van der Waals surface area contributed by atoms with E-state index in [0.29, 0.717) is 18.8 Å². The summed E-state index contributed by atoms with van der Waals surface area (Å²) in [4.78, 5) is 29.5. The minimum absolute atomic E-state index is 0.114. The molecule has 2 aliphatic heterocycles. The molecule has 2 fully saturated rings. The Morgan fingerprint density at radius 3 is 2.83 bits per heavy atom. The van der Waals surface area contributed by atoms with Gasteiger partial charge in [0.1, 0.15) is 6.10 Å². The molecule has 1 aromatic heterocycles. The number of aromatic hydroxyl groups is 1. The molecule has 1 saturated heterocycles. The van der Waals surface area contributed by atoms with Gasteiger partial charge in [-0.1, -0.05) is 36.4 Å². The van der Waals surface area contributed by atoms with Crippen molar-refractivity contribution in [3.8, 4) is 11.5 Å². The number of nitro groups is 1. The number of phenols is 1. The highest BCUT2D eigenvalue weighted by atomic mass is 16.6. The van der Waals surface area contributed by atoms with Gasteiger partial charge in [-0.25, -0.2) is 0 Å². The van der Waals surface area contributed by atoms with Gasteiger partial charge in [0.25, 0.3) is 6.04 Å². The Labute approximate surface area is 238 Å². The van der Waals surface area contributed by atoms with Crippen LogP contribution in [-0.2, 0) is 16.6 Å². The van der Waals surface area contributed by atoms with E-state index >= 15 is 0 Å². The maximum Gasteiger partial charge on any atom is 0.250 e. The maximum atomic E-state index is 13.3. The average Bonchev–Trinajstić information content (AvgIpc) is 3.62. The van der Waals surface area contributed by atoms with Gasteiger partial charge in [-0.3, -0.25) is 19.8 Å². The number of amides is 1. The highest BCUT2D eigenvalue weighted by molar-refractivity contribution is 5.91. The Balaban J connectivity index is 1.22. The number of likely N-dealkylation sites (tertiary alicyclic amines) is 1. The highest BCUT2D eigenvalue weighted by Gasteiger charge is 2.66. The number of hydrogen-bond donors (Lipinski definition) is 1. The van der Waals surface area contributed by atoms with Gasteiger partial charge in [-0.15, -0.1) is 0 Å². The molecule has 1 N–H and O–H groups in total. The molecule has 9 heteroatoms. The lowest BCUT2D eigenvalue weighted by atomic mass is 9.51. The summed E-state index contributed by atoms with van der Waals surface area (Å²) < 4.78 is 11.8. The topological polar surface area (TPSA) is 109 Å². The molecule has 0 radical (unpaired) electrons. The average molecular weight is 556 g/mol. The molecule has 3 heterocycles. The Kier molecular flexibility index (Phi) is 6.15. The summed E-state index contributed by atoms with van der Waals surface area (Å²) in [6, 6.07) is 13.9. The third-order valence-corrected chi connectivity index (χ3v) is 10.1. The van der Waals surface area contributed by atoms with E-state index in [0.717, 1.165) is 47.9 Å². The van der Waals surface area contributed by atoms with Crippen LogP contribution < -0.4 is 4.74 Å². The number of carbonyl (C=O) groups excluding carboxylic acids is 1. The molecule has 6 atom stereocenters. The van der Waals surface area contributed by atoms with Crippen molar-refractivity contribution < 1.29 is 24.0 Å². The largest absolute Gasteiger partial charge is 0.504 e. The molecular formula is C32H33N3O6. The van der Waals surface area contributed by atoms with E-state index in [9.17, 15) is 20.0 Å². The molecule has 1 saturated carbocycles. The van der Waals surface area contributed by atoms with E-state index in [1.165, 1.54) is 0 Å². The number of benzene rings is 2. The van der Waals surface area contributed by atoms with Crippen LogP contribution in [0, 0.1) is 16.0 Å². The van der Waals surface area contributed by atoms with Crippen molar-refractivity contribution in [1.29, 1.82) is 0 Å². The minimum Gasteiger partial charge on any atom is -0.504 e. The molecule has 41 heavy (non-hydrogen) atoms. The zero-order valence-corrected chi connectivity index (χ0v) is 22.9. The summed E-state index contributed by atoms with van der Waals surface area (Å²) in [7, 11) is 1.83. The van der Waals surface area contributed by atoms with Crippen molar-refractivity contribution in [1.82, 2.24) is 9.80 Å². The molecule has 2 aromatic carbocycles. The van der Waals surface area contributed by atoms with Crippen molar-refractivity contribution in [2.75, 3.05) is 20.1 Å². The van der Waals surface area contributed by atoms with E-state index in [1.807, 2.05) is 43.4 Å². The number of phenolic OH excluding ortho intramolecular Hbond substituents is 1. The number of rotatable bonds is 7. The molecule has 1 amide bonds. The normalized spacial score (nSPS) is 28.6. The van der Waals surface area contributed by atoms with E-state index in [-0.39, 0.29) is 46.1 Å².